The number of anilines is 1. The zero-order chi connectivity index (χ0) is 16.7. The second kappa shape index (κ2) is 5.93. The molecule has 0 aromatic carbocycles. The normalized spacial score (nSPS) is 11.2. The van der Waals surface area contributed by atoms with Gasteiger partial charge in [0.05, 0.1) is 30.9 Å². The topological polar surface area (TPSA) is 91.7 Å². The molecule has 0 aliphatic heterocycles. The van der Waals surface area contributed by atoms with Crippen molar-refractivity contribution in [1.82, 2.24) is 24.7 Å². The molecule has 3 aromatic rings. The van der Waals surface area contributed by atoms with E-state index in [1.165, 1.54) is 0 Å². The van der Waals surface area contributed by atoms with Crippen LogP contribution in [0.3, 0.4) is 0 Å². The average molecular weight is 398 g/mol. The molecule has 23 heavy (non-hydrogen) atoms. The first-order valence-electron chi connectivity index (χ1n) is 6.76. The lowest BCUT2D eigenvalue weighted by atomic mass is 10.1. The molecule has 0 saturated carbocycles. The summed E-state index contributed by atoms with van der Waals surface area (Å²) in [5.74, 6) is 0.905. The van der Waals surface area contributed by atoms with Crippen LogP contribution in [-0.2, 0) is 6.54 Å². The first-order valence-corrected chi connectivity index (χ1v) is 7.93. The van der Waals surface area contributed by atoms with Gasteiger partial charge in [-0.05, 0) is 29.8 Å². The minimum absolute atomic E-state index is 0.108. The lowest BCUT2D eigenvalue weighted by Gasteiger charge is -2.14. The SMILES string of the molecule is COc1c(C)c(Br)nc(Cn2ncc3c(Cl)nc(N)nc32)c1C. The number of nitrogens with two attached hydrogens (primary N) is 1. The number of rotatable bonds is 3. The van der Waals surface area contributed by atoms with Gasteiger partial charge in [0, 0.05) is 11.1 Å². The van der Waals surface area contributed by atoms with Crippen LogP contribution < -0.4 is 10.5 Å². The molecule has 0 bridgehead atoms. The van der Waals surface area contributed by atoms with E-state index in [0.29, 0.717) is 17.6 Å². The van der Waals surface area contributed by atoms with E-state index in [-0.39, 0.29) is 11.1 Å². The number of nitrogens with zero attached hydrogens (tertiary/aromatic N) is 5. The molecule has 2 N–H and O–H groups in total. The summed E-state index contributed by atoms with van der Waals surface area (Å²) >= 11 is 9.54. The molecule has 3 heterocycles. The Hall–Kier alpha value is -1.93. The Morgan fingerprint density at radius 3 is 2.70 bits per heavy atom. The van der Waals surface area contributed by atoms with Gasteiger partial charge in [-0.2, -0.15) is 10.1 Å². The Balaban J connectivity index is 2.12. The Kier molecular flexibility index (Phi) is 4.11. The van der Waals surface area contributed by atoms with Crippen LogP contribution in [0.5, 0.6) is 5.75 Å². The highest BCUT2D eigenvalue weighted by molar-refractivity contribution is 9.10. The largest absolute Gasteiger partial charge is 0.496 e. The molecule has 7 nitrogen and oxygen atoms in total. The van der Waals surface area contributed by atoms with Gasteiger partial charge in [-0.3, -0.25) is 0 Å². The molecule has 120 valence electrons. The van der Waals surface area contributed by atoms with Gasteiger partial charge in [-0.15, -0.1) is 0 Å². The fourth-order valence-corrected chi connectivity index (χ4v) is 3.06. The molecule has 3 aromatic heterocycles. The standard InChI is InChI=1S/C14H14BrClN6O/c1-6-9(19-11(15)7(2)10(6)23-3)5-22-13-8(4-18-22)12(16)20-14(17)21-13/h4H,5H2,1-3H3,(H2,17,20,21). The monoisotopic (exact) mass is 396 g/mol. The van der Waals surface area contributed by atoms with Crippen LogP contribution in [0.2, 0.25) is 5.15 Å². The van der Waals surface area contributed by atoms with Gasteiger partial charge < -0.3 is 10.5 Å². The fourth-order valence-electron chi connectivity index (χ4n) is 2.45. The summed E-state index contributed by atoms with van der Waals surface area (Å²) < 4.78 is 7.90. The maximum absolute atomic E-state index is 6.08. The van der Waals surface area contributed by atoms with Gasteiger partial charge in [0.2, 0.25) is 5.95 Å². The second-order valence-electron chi connectivity index (χ2n) is 5.04. The van der Waals surface area contributed by atoms with Crippen LogP contribution in [0, 0.1) is 13.8 Å². The molecular weight excluding hydrogens is 384 g/mol. The molecule has 0 radical (unpaired) electrons. The van der Waals surface area contributed by atoms with Crippen LogP contribution in [-0.4, -0.2) is 31.8 Å². The number of pyridine rings is 1. The van der Waals surface area contributed by atoms with Gasteiger partial charge in [-0.1, -0.05) is 11.6 Å². The first kappa shape index (κ1) is 15.9. The third-order valence-electron chi connectivity index (χ3n) is 3.63. The summed E-state index contributed by atoms with van der Waals surface area (Å²) in [6.07, 6.45) is 1.62. The van der Waals surface area contributed by atoms with E-state index in [1.807, 2.05) is 13.8 Å². The maximum atomic E-state index is 6.08. The van der Waals surface area contributed by atoms with Gasteiger partial charge in [0.1, 0.15) is 15.5 Å². The van der Waals surface area contributed by atoms with Crippen molar-refractivity contribution in [3.63, 3.8) is 0 Å². The van der Waals surface area contributed by atoms with Crippen molar-refractivity contribution in [2.24, 2.45) is 0 Å². The number of fused-ring (bicyclic) bond motifs is 1. The third kappa shape index (κ3) is 2.72. The van der Waals surface area contributed by atoms with Crippen molar-refractivity contribution < 1.29 is 4.74 Å². The van der Waals surface area contributed by atoms with E-state index >= 15 is 0 Å². The molecule has 0 unspecified atom stereocenters. The highest BCUT2D eigenvalue weighted by Crippen LogP contribution is 2.31. The minimum Gasteiger partial charge on any atom is -0.496 e. The summed E-state index contributed by atoms with van der Waals surface area (Å²) in [6, 6.07) is 0. The number of hydrogen-bond donors (Lipinski definition) is 1. The highest BCUT2D eigenvalue weighted by atomic mass is 79.9. The van der Waals surface area contributed by atoms with Gasteiger partial charge in [0.25, 0.3) is 0 Å². The summed E-state index contributed by atoms with van der Waals surface area (Å²) in [5.41, 5.74) is 8.96. The Morgan fingerprint density at radius 1 is 1.26 bits per heavy atom. The molecule has 0 aliphatic carbocycles. The Morgan fingerprint density at radius 2 is 2.00 bits per heavy atom. The quantitative estimate of drug-likeness (QED) is 0.540. The third-order valence-corrected chi connectivity index (χ3v) is 4.69. The predicted octanol–water partition coefficient (Wildman–Crippen LogP) is 2.89. The van der Waals surface area contributed by atoms with Crippen LogP contribution >= 0.6 is 27.5 Å². The molecular formula is C14H14BrClN6O. The number of aromatic nitrogens is 5. The van der Waals surface area contributed by atoms with E-state index in [1.54, 1.807) is 18.0 Å². The zero-order valence-electron chi connectivity index (χ0n) is 12.8. The van der Waals surface area contributed by atoms with Crippen LogP contribution in [0.4, 0.5) is 5.95 Å². The van der Waals surface area contributed by atoms with Crippen molar-refractivity contribution >= 4 is 44.5 Å². The number of methoxy groups -OCH3 is 1. The van der Waals surface area contributed by atoms with E-state index in [0.717, 1.165) is 27.2 Å². The summed E-state index contributed by atoms with van der Waals surface area (Å²) in [7, 11) is 1.64. The van der Waals surface area contributed by atoms with Crippen LogP contribution in [0.15, 0.2) is 10.8 Å². The Labute approximate surface area is 146 Å². The predicted molar refractivity (Wildman–Crippen MR) is 91.8 cm³/mol. The second-order valence-corrected chi connectivity index (χ2v) is 6.15. The van der Waals surface area contributed by atoms with E-state index in [4.69, 9.17) is 22.1 Å². The lowest BCUT2D eigenvalue weighted by molar-refractivity contribution is 0.406. The van der Waals surface area contributed by atoms with Crippen LogP contribution in [0.25, 0.3) is 11.0 Å². The molecule has 9 heteroatoms. The molecule has 0 amide bonds. The molecule has 0 spiro atoms. The van der Waals surface area contributed by atoms with E-state index < -0.39 is 0 Å². The number of halogens is 2. The fraction of sp³-hybridized carbons (Fsp3) is 0.286. The van der Waals surface area contributed by atoms with Crippen molar-refractivity contribution in [3.05, 3.63) is 32.8 Å². The van der Waals surface area contributed by atoms with Crippen LogP contribution in [0.1, 0.15) is 16.8 Å². The summed E-state index contributed by atoms with van der Waals surface area (Å²) in [4.78, 5) is 12.7. The molecule has 3 rings (SSSR count). The number of hydrogen-bond acceptors (Lipinski definition) is 6. The molecule has 0 saturated heterocycles. The van der Waals surface area contributed by atoms with Crippen molar-refractivity contribution in [2.75, 3.05) is 12.8 Å². The molecule has 0 fully saturated rings. The maximum Gasteiger partial charge on any atom is 0.223 e. The minimum atomic E-state index is 0.108. The first-order chi connectivity index (χ1) is 10.9. The van der Waals surface area contributed by atoms with Crippen molar-refractivity contribution in [2.45, 2.75) is 20.4 Å². The van der Waals surface area contributed by atoms with Gasteiger partial charge in [-0.25, -0.2) is 14.6 Å². The Bertz CT molecular complexity index is 910. The zero-order valence-corrected chi connectivity index (χ0v) is 15.1. The summed E-state index contributed by atoms with van der Waals surface area (Å²) in [6.45, 7) is 4.32. The van der Waals surface area contributed by atoms with Crippen molar-refractivity contribution in [1.29, 1.82) is 0 Å². The summed E-state index contributed by atoms with van der Waals surface area (Å²) in [5, 5.41) is 5.25. The van der Waals surface area contributed by atoms with Gasteiger partial charge >= 0.3 is 0 Å². The average Bonchev–Trinajstić information content (AvgIpc) is 2.89. The van der Waals surface area contributed by atoms with Crippen molar-refractivity contribution in [3.8, 4) is 5.75 Å². The van der Waals surface area contributed by atoms with E-state index in [9.17, 15) is 0 Å². The molecule has 0 atom stereocenters. The van der Waals surface area contributed by atoms with Gasteiger partial charge in [0.15, 0.2) is 5.65 Å². The molecule has 0 aliphatic rings. The smallest absolute Gasteiger partial charge is 0.223 e. The number of nitrogen functional groups attached to an aromatic ring is 1. The van der Waals surface area contributed by atoms with E-state index in [2.05, 4.69) is 36.0 Å². The number of ether oxygens (including phenoxy) is 1. The highest BCUT2D eigenvalue weighted by Gasteiger charge is 2.16. The lowest BCUT2D eigenvalue weighted by Crippen LogP contribution is -2.09.